The van der Waals surface area contributed by atoms with Crippen LogP contribution in [0.25, 0.3) is 11.1 Å². The molecule has 0 radical (unpaired) electrons. The molecule has 0 saturated carbocycles. The predicted molar refractivity (Wildman–Crippen MR) is 202 cm³/mol. The van der Waals surface area contributed by atoms with Gasteiger partial charge in [0.15, 0.2) is 0 Å². The van der Waals surface area contributed by atoms with Crippen LogP contribution in [0.4, 0.5) is 11.4 Å². The molecule has 0 fully saturated rings. The fourth-order valence-corrected chi connectivity index (χ4v) is 8.21. The molecule has 0 heterocycles. The predicted octanol–water partition coefficient (Wildman–Crippen LogP) is 11.3. The molecule has 0 bridgehead atoms. The van der Waals surface area contributed by atoms with Crippen LogP contribution in [0.5, 0.6) is 0 Å². The maximum absolute atomic E-state index is 4.70. The lowest BCUT2D eigenvalue weighted by molar-refractivity contribution is 0.326. The van der Waals surface area contributed by atoms with Crippen LogP contribution in [-0.2, 0) is 12.0 Å². The Morgan fingerprint density at radius 3 is 1.98 bits per heavy atom. The SMILES string of the molecule is C[C@@]12CC(c3ccccc3Nc3cccc(C=NCc4ccccc4)c3)=CC=C1c1ccccc1C2(c1ccccc1)c1ccccc1. The normalized spacial score (nSPS) is 17.7. The molecule has 0 unspecified atom stereocenters. The van der Waals surface area contributed by atoms with Crippen LogP contribution in [0, 0.1) is 5.41 Å². The van der Waals surface area contributed by atoms with E-state index in [1.807, 2.05) is 12.3 Å². The molecule has 6 aromatic carbocycles. The molecule has 0 amide bonds. The van der Waals surface area contributed by atoms with Crippen molar-refractivity contribution in [2.24, 2.45) is 10.4 Å². The first-order chi connectivity index (χ1) is 23.7. The Labute approximate surface area is 283 Å². The van der Waals surface area contributed by atoms with Gasteiger partial charge in [-0.2, -0.15) is 0 Å². The van der Waals surface area contributed by atoms with Crippen molar-refractivity contribution in [3.05, 3.63) is 215 Å². The number of fused-ring (bicyclic) bond motifs is 3. The van der Waals surface area contributed by atoms with Crippen LogP contribution < -0.4 is 5.32 Å². The molecule has 48 heavy (non-hydrogen) atoms. The summed E-state index contributed by atoms with van der Waals surface area (Å²) in [6.07, 6.45) is 7.60. The van der Waals surface area contributed by atoms with E-state index in [2.05, 4.69) is 182 Å². The number of anilines is 2. The van der Waals surface area contributed by atoms with Gasteiger partial charge in [0.1, 0.15) is 0 Å². The summed E-state index contributed by atoms with van der Waals surface area (Å²) < 4.78 is 0. The lowest BCUT2D eigenvalue weighted by Gasteiger charge is -2.48. The molecule has 0 saturated heterocycles. The third-order valence-corrected chi connectivity index (χ3v) is 10.2. The quantitative estimate of drug-likeness (QED) is 0.169. The first-order valence-electron chi connectivity index (χ1n) is 16.8. The van der Waals surface area contributed by atoms with Crippen molar-refractivity contribution in [1.29, 1.82) is 0 Å². The van der Waals surface area contributed by atoms with Gasteiger partial charge in [-0.25, -0.2) is 0 Å². The summed E-state index contributed by atoms with van der Waals surface area (Å²) >= 11 is 0. The van der Waals surface area contributed by atoms with Gasteiger partial charge in [0.2, 0.25) is 0 Å². The van der Waals surface area contributed by atoms with Crippen LogP contribution >= 0.6 is 0 Å². The minimum absolute atomic E-state index is 0.230. The second-order valence-corrected chi connectivity index (χ2v) is 13.1. The number of nitrogens with one attached hydrogen (secondary N) is 1. The molecular weight excluding hydrogens is 581 g/mol. The summed E-state index contributed by atoms with van der Waals surface area (Å²) in [5, 5.41) is 3.77. The zero-order chi connectivity index (χ0) is 32.4. The Hall–Kier alpha value is -5.73. The second-order valence-electron chi connectivity index (χ2n) is 13.1. The van der Waals surface area contributed by atoms with Gasteiger partial charge in [0.05, 0.1) is 12.0 Å². The van der Waals surface area contributed by atoms with Gasteiger partial charge in [-0.15, -0.1) is 0 Å². The van der Waals surface area contributed by atoms with Crippen LogP contribution in [0.3, 0.4) is 0 Å². The average molecular weight is 619 g/mol. The zero-order valence-corrected chi connectivity index (χ0v) is 27.2. The molecule has 2 aliphatic carbocycles. The van der Waals surface area contributed by atoms with Crippen molar-refractivity contribution in [3.8, 4) is 0 Å². The van der Waals surface area contributed by atoms with Gasteiger partial charge in [0.25, 0.3) is 0 Å². The number of hydrogen-bond acceptors (Lipinski definition) is 2. The summed E-state index contributed by atoms with van der Waals surface area (Å²) in [5.41, 5.74) is 13.2. The molecule has 2 heteroatoms. The molecule has 2 aliphatic rings. The average Bonchev–Trinajstić information content (AvgIpc) is 3.38. The summed E-state index contributed by atoms with van der Waals surface area (Å²) in [5.74, 6) is 0. The molecule has 0 spiro atoms. The Kier molecular flexibility index (Phi) is 7.70. The highest BCUT2D eigenvalue weighted by Gasteiger charge is 2.60. The van der Waals surface area contributed by atoms with E-state index in [1.54, 1.807) is 0 Å². The van der Waals surface area contributed by atoms with Crippen LogP contribution in [0.15, 0.2) is 181 Å². The van der Waals surface area contributed by atoms with Crippen molar-refractivity contribution < 1.29 is 0 Å². The van der Waals surface area contributed by atoms with Crippen molar-refractivity contribution >= 4 is 28.7 Å². The molecule has 0 aromatic heterocycles. The third-order valence-electron chi connectivity index (χ3n) is 10.2. The molecule has 1 N–H and O–H groups in total. The molecule has 1 atom stereocenters. The van der Waals surface area contributed by atoms with Crippen LogP contribution in [0.2, 0.25) is 0 Å². The number of para-hydroxylation sites is 1. The largest absolute Gasteiger partial charge is 0.355 e. The number of aliphatic imine (C=N–C) groups is 1. The maximum atomic E-state index is 4.70. The zero-order valence-electron chi connectivity index (χ0n) is 27.2. The number of allylic oxidation sites excluding steroid dienone is 4. The van der Waals surface area contributed by atoms with Crippen LogP contribution in [0.1, 0.15) is 52.3 Å². The van der Waals surface area contributed by atoms with E-state index >= 15 is 0 Å². The van der Waals surface area contributed by atoms with Crippen molar-refractivity contribution in [2.45, 2.75) is 25.3 Å². The summed E-state index contributed by atoms with van der Waals surface area (Å²) in [6.45, 7) is 3.15. The molecule has 0 aliphatic heterocycles. The van der Waals surface area contributed by atoms with Gasteiger partial charge in [-0.1, -0.05) is 165 Å². The standard InChI is InChI=1S/C46H38N2/c1-45-31-36(40-24-12-14-27-44(40)48-39-23-15-18-35(30-39)33-47-32-34-16-5-2-6-17-34)28-29-42(45)41-25-11-13-26-43(41)46(45,37-19-7-3-8-20-37)38-21-9-4-10-22-38/h2-30,33,48H,31-32H2,1H3/t45-/m1/s1. The number of hydrogen-bond donors (Lipinski definition) is 1. The van der Waals surface area contributed by atoms with Gasteiger partial charge >= 0.3 is 0 Å². The number of nitrogens with zero attached hydrogens (tertiary/aromatic N) is 1. The highest BCUT2D eigenvalue weighted by atomic mass is 14.9. The van der Waals surface area contributed by atoms with Crippen molar-refractivity contribution in [1.82, 2.24) is 0 Å². The van der Waals surface area contributed by atoms with Crippen molar-refractivity contribution in [3.63, 3.8) is 0 Å². The molecular formula is C46H38N2. The number of benzene rings is 6. The van der Waals surface area contributed by atoms with E-state index in [-0.39, 0.29) is 10.8 Å². The molecule has 6 aromatic rings. The highest BCUT2D eigenvalue weighted by molar-refractivity contribution is 5.93. The smallest absolute Gasteiger partial charge is 0.0639 e. The second kappa shape index (κ2) is 12.5. The molecule has 232 valence electrons. The Bertz CT molecular complexity index is 2120. The Morgan fingerprint density at radius 2 is 1.25 bits per heavy atom. The van der Waals surface area contributed by atoms with Crippen molar-refractivity contribution in [2.75, 3.05) is 5.32 Å². The Balaban J connectivity index is 1.18. The van der Waals surface area contributed by atoms with E-state index in [9.17, 15) is 0 Å². The maximum Gasteiger partial charge on any atom is 0.0639 e. The minimum atomic E-state index is -0.354. The van der Waals surface area contributed by atoms with E-state index in [0.717, 1.165) is 23.4 Å². The lowest BCUT2D eigenvalue weighted by atomic mass is 9.53. The summed E-state index contributed by atoms with van der Waals surface area (Å²) in [6, 6.07) is 58.9. The topological polar surface area (TPSA) is 24.4 Å². The lowest BCUT2D eigenvalue weighted by Crippen LogP contribution is -2.43. The van der Waals surface area contributed by atoms with E-state index < -0.39 is 0 Å². The van der Waals surface area contributed by atoms with E-state index in [1.165, 1.54) is 44.5 Å². The third kappa shape index (κ3) is 5.02. The highest BCUT2D eigenvalue weighted by Crippen LogP contribution is 2.68. The number of rotatable bonds is 8. The fraction of sp³-hybridized carbons (Fsp3) is 0.109. The van der Waals surface area contributed by atoms with Gasteiger partial charge in [-0.05, 0) is 69.1 Å². The van der Waals surface area contributed by atoms with Gasteiger partial charge < -0.3 is 5.32 Å². The monoisotopic (exact) mass is 618 g/mol. The fourth-order valence-electron chi connectivity index (χ4n) is 8.21. The minimum Gasteiger partial charge on any atom is -0.355 e. The van der Waals surface area contributed by atoms with Gasteiger partial charge in [-0.3, -0.25) is 4.99 Å². The molecule has 8 rings (SSSR count). The Morgan fingerprint density at radius 1 is 0.625 bits per heavy atom. The van der Waals surface area contributed by atoms with Crippen LogP contribution in [-0.4, -0.2) is 6.21 Å². The molecule has 2 nitrogen and oxygen atoms in total. The van der Waals surface area contributed by atoms with E-state index in [4.69, 9.17) is 4.99 Å². The first-order valence-corrected chi connectivity index (χ1v) is 16.8. The van der Waals surface area contributed by atoms with E-state index in [0.29, 0.717) is 6.54 Å². The summed E-state index contributed by atoms with van der Waals surface area (Å²) in [7, 11) is 0. The summed E-state index contributed by atoms with van der Waals surface area (Å²) in [4.78, 5) is 4.70. The van der Waals surface area contributed by atoms with Gasteiger partial charge in [0, 0.05) is 28.6 Å². The first kappa shape index (κ1) is 29.7.